The maximum absolute atomic E-state index is 12.9. The number of tetrazole rings is 1. The minimum atomic E-state index is -0.386. The maximum atomic E-state index is 12.9. The summed E-state index contributed by atoms with van der Waals surface area (Å²) in [5.41, 5.74) is 1.36. The van der Waals surface area contributed by atoms with Gasteiger partial charge in [0.25, 0.3) is 5.91 Å². The van der Waals surface area contributed by atoms with E-state index in [1.807, 2.05) is 0 Å². The van der Waals surface area contributed by atoms with Gasteiger partial charge in [-0.25, -0.2) is 9.07 Å². The lowest BCUT2D eigenvalue weighted by atomic mass is 10.2. The molecule has 1 amide bonds. The summed E-state index contributed by atoms with van der Waals surface area (Å²) in [4.78, 5) is 12.3. The molecular formula is C19H14FN5O3. The third kappa shape index (κ3) is 4.04. The lowest BCUT2D eigenvalue weighted by molar-refractivity contribution is 0.0992. The summed E-state index contributed by atoms with van der Waals surface area (Å²) in [5, 5.41) is 13.7. The Morgan fingerprint density at radius 2 is 1.86 bits per heavy atom. The highest BCUT2D eigenvalue weighted by Crippen LogP contribution is 2.17. The Morgan fingerprint density at radius 3 is 2.57 bits per heavy atom. The first-order valence-corrected chi connectivity index (χ1v) is 8.29. The zero-order chi connectivity index (χ0) is 19.3. The Bertz CT molecular complexity index is 1060. The molecule has 2 heterocycles. The summed E-state index contributed by atoms with van der Waals surface area (Å²) < 4.78 is 25.4. The number of ether oxygens (including phenoxy) is 1. The Morgan fingerprint density at radius 1 is 1.07 bits per heavy atom. The number of furan rings is 1. The molecule has 0 saturated heterocycles. The average Bonchev–Trinajstić information content (AvgIpc) is 3.40. The van der Waals surface area contributed by atoms with Gasteiger partial charge in [-0.1, -0.05) is 0 Å². The van der Waals surface area contributed by atoms with Crippen LogP contribution in [0, 0.1) is 5.82 Å². The van der Waals surface area contributed by atoms with Crippen molar-refractivity contribution >= 4 is 11.6 Å². The number of anilines is 1. The van der Waals surface area contributed by atoms with Crippen LogP contribution in [0.4, 0.5) is 10.1 Å². The topological polar surface area (TPSA) is 95.1 Å². The van der Waals surface area contributed by atoms with E-state index in [9.17, 15) is 9.18 Å². The Balaban J connectivity index is 1.35. The monoisotopic (exact) mass is 379 g/mol. The normalized spacial score (nSPS) is 10.6. The molecule has 0 spiro atoms. The molecule has 2 aromatic carbocycles. The fourth-order valence-electron chi connectivity index (χ4n) is 2.43. The van der Waals surface area contributed by atoms with Crippen LogP contribution in [0.15, 0.2) is 71.4 Å². The highest BCUT2D eigenvalue weighted by atomic mass is 19.1. The third-order valence-electron chi connectivity index (χ3n) is 3.82. The summed E-state index contributed by atoms with van der Waals surface area (Å²) in [5.74, 6) is 0.413. The molecule has 140 valence electrons. The molecule has 0 aliphatic carbocycles. The first-order valence-electron chi connectivity index (χ1n) is 8.29. The van der Waals surface area contributed by atoms with E-state index in [-0.39, 0.29) is 24.1 Å². The second-order valence-corrected chi connectivity index (χ2v) is 5.76. The van der Waals surface area contributed by atoms with Gasteiger partial charge in [-0.3, -0.25) is 4.79 Å². The summed E-state index contributed by atoms with van der Waals surface area (Å²) >= 11 is 0. The third-order valence-corrected chi connectivity index (χ3v) is 3.82. The number of amides is 1. The van der Waals surface area contributed by atoms with Crippen molar-refractivity contribution in [1.82, 2.24) is 20.2 Å². The van der Waals surface area contributed by atoms with Gasteiger partial charge in [0.15, 0.2) is 5.76 Å². The average molecular weight is 379 g/mol. The molecule has 0 atom stereocenters. The molecule has 0 fully saturated rings. The van der Waals surface area contributed by atoms with Crippen molar-refractivity contribution in [2.45, 2.75) is 6.61 Å². The van der Waals surface area contributed by atoms with E-state index >= 15 is 0 Å². The highest BCUT2D eigenvalue weighted by Gasteiger charge is 2.12. The number of hydrogen-bond donors (Lipinski definition) is 1. The molecule has 8 nitrogen and oxygen atoms in total. The van der Waals surface area contributed by atoms with Gasteiger partial charge in [0.2, 0.25) is 0 Å². The minimum absolute atomic E-state index is 0.125. The largest absolute Gasteiger partial charge is 0.486 e. The lowest BCUT2D eigenvalue weighted by Crippen LogP contribution is -2.11. The summed E-state index contributed by atoms with van der Waals surface area (Å²) in [6.45, 7) is 0.125. The lowest BCUT2D eigenvalue weighted by Gasteiger charge is -2.05. The molecule has 9 heteroatoms. The van der Waals surface area contributed by atoms with Crippen LogP contribution in [0.1, 0.15) is 16.3 Å². The number of halogens is 1. The van der Waals surface area contributed by atoms with Gasteiger partial charge >= 0.3 is 0 Å². The van der Waals surface area contributed by atoms with E-state index in [0.717, 1.165) is 5.69 Å². The van der Waals surface area contributed by atoms with Gasteiger partial charge in [-0.2, -0.15) is 0 Å². The number of aromatic nitrogens is 4. The predicted molar refractivity (Wildman–Crippen MR) is 96.5 cm³/mol. The van der Waals surface area contributed by atoms with Crippen LogP contribution >= 0.6 is 0 Å². The number of carbonyl (C=O) groups is 1. The zero-order valence-electron chi connectivity index (χ0n) is 14.4. The van der Waals surface area contributed by atoms with Crippen molar-refractivity contribution in [3.8, 4) is 11.4 Å². The molecule has 4 aromatic rings. The maximum Gasteiger partial charge on any atom is 0.291 e. The molecule has 1 N–H and O–H groups in total. The van der Waals surface area contributed by atoms with Crippen LogP contribution in [0.3, 0.4) is 0 Å². The Hall–Kier alpha value is -4.01. The molecule has 4 rings (SSSR count). The SMILES string of the molecule is O=C(Nc1ccc(-n2cnnn2)cc1)c1ccc(COc2ccc(F)cc2)o1. The van der Waals surface area contributed by atoms with E-state index < -0.39 is 0 Å². The van der Waals surface area contributed by atoms with E-state index in [4.69, 9.17) is 9.15 Å². The van der Waals surface area contributed by atoms with Crippen molar-refractivity contribution in [3.63, 3.8) is 0 Å². The van der Waals surface area contributed by atoms with Crippen LogP contribution in [-0.4, -0.2) is 26.1 Å². The quantitative estimate of drug-likeness (QED) is 0.553. The summed E-state index contributed by atoms with van der Waals surface area (Å²) in [6.07, 6.45) is 1.48. The van der Waals surface area contributed by atoms with Crippen molar-refractivity contribution in [2.24, 2.45) is 0 Å². The molecule has 0 bridgehead atoms. The number of hydrogen-bond acceptors (Lipinski definition) is 6. The molecule has 0 aliphatic heterocycles. The van der Waals surface area contributed by atoms with Crippen LogP contribution < -0.4 is 10.1 Å². The van der Waals surface area contributed by atoms with Gasteiger partial charge in [-0.05, 0) is 71.1 Å². The van der Waals surface area contributed by atoms with Crippen molar-refractivity contribution in [2.75, 3.05) is 5.32 Å². The first-order chi connectivity index (χ1) is 13.7. The smallest absolute Gasteiger partial charge is 0.291 e. The number of benzene rings is 2. The predicted octanol–water partition coefficient (Wildman–Crippen LogP) is 3.23. The fourth-order valence-corrected chi connectivity index (χ4v) is 2.43. The molecule has 0 saturated carbocycles. The van der Waals surface area contributed by atoms with Gasteiger partial charge in [0, 0.05) is 5.69 Å². The highest BCUT2D eigenvalue weighted by molar-refractivity contribution is 6.02. The van der Waals surface area contributed by atoms with Gasteiger partial charge in [0.05, 0.1) is 5.69 Å². The Labute approximate surface area is 158 Å². The number of nitrogens with zero attached hydrogens (tertiary/aromatic N) is 4. The van der Waals surface area contributed by atoms with Crippen molar-refractivity contribution in [3.05, 3.63) is 84.3 Å². The van der Waals surface area contributed by atoms with E-state index in [1.165, 1.54) is 35.3 Å². The molecule has 0 unspecified atom stereocenters. The zero-order valence-corrected chi connectivity index (χ0v) is 14.4. The second kappa shape index (κ2) is 7.70. The van der Waals surface area contributed by atoms with Crippen molar-refractivity contribution < 1.29 is 18.3 Å². The van der Waals surface area contributed by atoms with Crippen LogP contribution in [0.2, 0.25) is 0 Å². The summed E-state index contributed by atoms with van der Waals surface area (Å²) in [6, 6.07) is 15.9. The van der Waals surface area contributed by atoms with Crippen LogP contribution in [0.25, 0.3) is 5.69 Å². The number of carbonyl (C=O) groups excluding carboxylic acids is 1. The van der Waals surface area contributed by atoms with Crippen LogP contribution in [0.5, 0.6) is 5.75 Å². The van der Waals surface area contributed by atoms with Crippen molar-refractivity contribution in [1.29, 1.82) is 0 Å². The molecule has 28 heavy (non-hydrogen) atoms. The standard InChI is InChI=1S/C19H14FN5O3/c20-13-1-7-16(8-2-13)27-11-17-9-10-18(28-17)19(26)22-14-3-5-15(6-4-14)25-12-21-23-24-25/h1-10,12H,11H2,(H,22,26). The molecular weight excluding hydrogens is 365 g/mol. The van der Waals surface area contributed by atoms with E-state index in [1.54, 1.807) is 36.4 Å². The summed E-state index contributed by atoms with van der Waals surface area (Å²) in [7, 11) is 0. The minimum Gasteiger partial charge on any atom is -0.486 e. The first kappa shape index (κ1) is 17.4. The Kier molecular flexibility index (Phi) is 4.79. The fraction of sp³-hybridized carbons (Fsp3) is 0.0526. The molecule has 2 aromatic heterocycles. The number of nitrogens with one attached hydrogen (secondary N) is 1. The number of rotatable bonds is 6. The second-order valence-electron chi connectivity index (χ2n) is 5.76. The van der Waals surface area contributed by atoms with Gasteiger partial charge in [0.1, 0.15) is 30.3 Å². The molecule has 0 radical (unpaired) electrons. The van der Waals surface area contributed by atoms with Gasteiger partial charge in [-0.15, -0.1) is 5.10 Å². The van der Waals surface area contributed by atoms with Gasteiger partial charge < -0.3 is 14.5 Å². The van der Waals surface area contributed by atoms with E-state index in [0.29, 0.717) is 17.2 Å². The van der Waals surface area contributed by atoms with Crippen LogP contribution in [-0.2, 0) is 6.61 Å². The van der Waals surface area contributed by atoms with E-state index in [2.05, 4.69) is 20.8 Å². The molecule has 0 aliphatic rings.